The van der Waals surface area contributed by atoms with E-state index in [4.69, 9.17) is 16.3 Å². The fourth-order valence-electron chi connectivity index (χ4n) is 4.34. The molecular weight excluding hydrogens is 546 g/mol. The number of nitrogens with one attached hydrogen (secondary N) is 2. The maximum atomic E-state index is 12.9. The van der Waals surface area contributed by atoms with E-state index in [1.807, 2.05) is 18.4 Å². The second-order valence-corrected chi connectivity index (χ2v) is 11.2. The highest BCUT2D eigenvalue weighted by atomic mass is 35.5. The molecule has 0 bridgehead atoms. The molecule has 0 saturated heterocycles. The predicted molar refractivity (Wildman–Crippen MR) is 149 cm³/mol. The molecule has 0 radical (unpaired) electrons. The first kappa shape index (κ1) is 28.1. The number of carbonyl (C=O) groups excluding carboxylic acids is 3. The number of carbonyl (C=O) groups is 3. The van der Waals surface area contributed by atoms with E-state index in [2.05, 4.69) is 20.8 Å². The number of thiophene rings is 1. The molecule has 1 aliphatic rings. The van der Waals surface area contributed by atoms with Crippen LogP contribution in [-0.2, 0) is 28.9 Å². The van der Waals surface area contributed by atoms with Crippen molar-refractivity contribution in [3.63, 3.8) is 0 Å². The van der Waals surface area contributed by atoms with Crippen LogP contribution in [0.4, 0.5) is 5.00 Å². The molecule has 0 aliphatic heterocycles. The number of esters is 1. The number of amides is 2. The predicted octanol–water partition coefficient (Wildman–Crippen LogP) is 5.29. The Balaban J connectivity index is 1.41. The Hall–Kier alpha value is -2.89. The van der Waals surface area contributed by atoms with Gasteiger partial charge in [-0.15, -0.1) is 21.5 Å². The number of nitrogens with zero attached hydrogens (tertiary/aromatic N) is 3. The van der Waals surface area contributed by atoms with E-state index in [0.717, 1.165) is 36.1 Å². The lowest BCUT2D eigenvalue weighted by atomic mass is 9.95. The average molecular weight is 576 g/mol. The zero-order chi connectivity index (χ0) is 27.2. The minimum absolute atomic E-state index is 0.0917. The molecule has 2 heterocycles. The Morgan fingerprint density at radius 2 is 1.89 bits per heavy atom. The van der Waals surface area contributed by atoms with E-state index in [1.54, 1.807) is 31.2 Å². The van der Waals surface area contributed by atoms with Crippen molar-refractivity contribution in [2.45, 2.75) is 64.2 Å². The van der Waals surface area contributed by atoms with Crippen molar-refractivity contribution in [3.8, 4) is 0 Å². The van der Waals surface area contributed by atoms with E-state index in [0.29, 0.717) is 38.7 Å². The second kappa shape index (κ2) is 12.8. The van der Waals surface area contributed by atoms with Crippen molar-refractivity contribution >= 4 is 57.5 Å². The first-order valence-corrected chi connectivity index (χ1v) is 14.7. The number of ether oxygens (including phenoxy) is 1. The first-order chi connectivity index (χ1) is 18.3. The largest absolute Gasteiger partial charge is 0.462 e. The molecule has 0 unspecified atom stereocenters. The number of hydrogen-bond donors (Lipinski definition) is 2. The van der Waals surface area contributed by atoms with Gasteiger partial charge in [0.1, 0.15) is 5.00 Å². The van der Waals surface area contributed by atoms with Crippen LogP contribution in [0.3, 0.4) is 0 Å². The average Bonchev–Trinajstić information content (AvgIpc) is 3.48. The standard InChI is InChI=1S/C26H30ClN5O4S2/c1-4-32-22(15(3)28-23(34)16-10-12-17(27)13-11-16)30-31-26(32)37-14-20(33)29-24-21(25(35)36-5-2)18-8-6-7-9-19(18)38-24/h10-13,15H,4-9,14H2,1-3H3,(H,28,34)(H,29,33)/t15-/m1/s1. The van der Waals surface area contributed by atoms with Gasteiger partial charge in [-0.2, -0.15) is 0 Å². The van der Waals surface area contributed by atoms with E-state index in [-0.39, 0.29) is 30.1 Å². The molecule has 202 valence electrons. The van der Waals surface area contributed by atoms with Crippen molar-refractivity contribution in [2.24, 2.45) is 0 Å². The number of halogens is 1. The van der Waals surface area contributed by atoms with Crippen LogP contribution in [0, 0.1) is 0 Å². The first-order valence-electron chi connectivity index (χ1n) is 12.6. The van der Waals surface area contributed by atoms with Crippen molar-refractivity contribution in [1.29, 1.82) is 0 Å². The molecular formula is C26H30ClN5O4S2. The number of anilines is 1. The van der Waals surface area contributed by atoms with Crippen LogP contribution in [-0.4, -0.2) is 44.9 Å². The smallest absolute Gasteiger partial charge is 0.341 e. The minimum Gasteiger partial charge on any atom is -0.462 e. The summed E-state index contributed by atoms with van der Waals surface area (Å²) in [5, 5.41) is 16.1. The molecule has 1 atom stereocenters. The third-order valence-corrected chi connectivity index (χ3v) is 8.57. The summed E-state index contributed by atoms with van der Waals surface area (Å²) < 4.78 is 7.15. The Labute approximate surface area is 234 Å². The van der Waals surface area contributed by atoms with Gasteiger partial charge in [-0.3, -0.25) is 9.59 Å². The number of aryl methyl sites for hydroxylation is 1. The SMILES string of the molecule is CCOC(=O)c1c(NC(=O)CSc2nnc([C@@H](C)NC(=O)c3ccc(Cl)cc3)n2CC)sc2c1CCCC2. The molecule has 12 heteroatoms. The molecule has 1 aliphatic carbocycles. The van der Waals surface area contributed by atoms with Crippen LogP contribution in [0.2, 0.25) is 5.02 Å². The van der Waals surface area contributed by atoms with Crippen molar-refractivity contribution in [1.82, 2.24) is 20.1 Å². The van der Waals surface area contributed by atoms with Gasteiger partial charge in [-0.1, -0.05) is 23.4 Å². The van der Waals surface area contributed by atoms with Gasteiger partial charge in [0.2, 0.25) is 5.91 Å². The molecule has 0 spiro atoms. The Bertz CT molecular complexity index is 1320. The van der Waals surface area contributed by atoms with Crippen LogP contribution < -0.4 is 10.6 Å². The number of fused-ring (bicyclic) bond motifs is 1. The van der Waals surface area contributed by atoms with E-state index >= 15 is 0 Å². The normalized spacial score (nSPS) is 13.5. The zero-order valence-corrected chi connectivity index (χ0v) is 23.9. The number of thioether (sulfide) groups is 1. The lowest BCUT2D eigenvalue weighted by Crippen LogP contribution is -2.28. The lowest BCUT2D eigenvalue weighted by molar-refractivity contribution is -0.113. The van der Waals surface area contributed by atoms with Gasteiger partial charge in [0.05, 0.1) is 24.0 Å². The molecule has 1 aromatic carbocycles. The molecule has 0 fully saturated rings. The van der Waals surface area contributed by atoms with Crippen LogP contribution in [0.1, 0.15) is 76.6 Å². The molecule has 2 N–H and O–H groups in total. The third kappa shape index (κ3) is 6.39. The fraction of sp³-hybridized carbons (Fsp3) is 0.423. The topological polar surface area (TPSA) is 115 Å². The van der Waals surface area contributed by atoms with Gasteiger partial charge in [-0.05, 0) is 76.3 Å². The van der Waals surface area contributed by atoms with Crippen molar-refractivity contribution in [3.05, 3.63) is 56.7 Å². The number of benzene rings is 1. The Kier molecular flexibility index (Phi) is 9.45. The minimum atomic E-state index is -0.404. The monoisotopic (exact) mass is 575 g/mol. The summed E-state index contributed by atoms with van der Waals surface area (Å²) in [5.74, 6) is -0.193. The maximum Gasteiger partial charge on any atom is 0.341 e. The summed E-state index contributed by atoms with van der Waals surface area (Å²) >= 11 is 8.63. The van der Waals surface area contributed by atoms with Crippen molar-refractivity contribution in [2.75, 3.05) is 17.7 Å². The van der Waals surface area contributed by atoms with Gasteiger partial charge < -0.3 is 19.9 Å². The van der Waals surface area contributed by atoms with Crippen LogP contribution in [0.5, 0.6) is 0 Å². The summed E-state index contributed by atoms with van der Waals surface area (Å²) in [5.41, 5.74) is 1.99. The molecule has 38 heavy (non-hydrogen) atoms. The molecule has 2 amide bonds. The lowest BCUT2D eigenvalue weighted by Gasteiger charge is -2.15. The molecule has 0 saturated carbocycles. The number of aromatic nitrogens is 3. The summed E-state index contributed by atoms with van der Waals surface area (Å²) in [6.07, 6.45) is 3.82. The van der Waals surface area contributed by atoms with Crippen LogP contribution in [0.25, 0.3) is 0 Å². The Morgan fingerprint density at radius 1 is 1.16 bits per heavy atom. The van der Waals surface area contributed by atoms with Gasteiger partial charge in [0.15, 0.2) is 11.0 Å². The Morgan fingerprint density at radius 3 is 2.61 bits per heavy atom. The summed E-state index contributed by atoms with van der Waals surface area (Å²) in [4.78, 5) is 39.3. The van der Waals surface area contributed by atoms with E-state index in [1.165, 1.54) is 23.1 Å². The van der Waals surface area contributed by atoms with Gasteiger partial charge >= 0.3 is 5.97 Å². The summed E-state index contributed by atoms with van der Waals surface area (Å²) in [7, 11) is 0. The highest BCUT2D eigenvalue weighted by Crippen LogP contribution is 2.38. The molecule has 4 rings (SSSR count). The van der Waals surface area contributed by atoms with Gasteiger partial charge in [-0.25, -0.2) is 4.79 Å². The molecule has 2 aromatic heterocycles. The molecule has 3 aromatic rings. The fourth-order valence-corrected chi connectivity index (χ4v) is 6.57. The molecule has 9 nitrogen and oxygen atoms in total. The maximum absolute atomic E-state index is 12.9. The van der Waals surface area contributed by atoms with E-state index < -0.39 is 6.04 Å². The third-order valence-electron chi connectivity index (χ3n) is 6.14. The highest BCUT2D eigenvalue weighted by molar-refractivity contribution is 7.99. The van der Waals surface area contributed by atoms with Crippen molar-refractivity contribution < 1.29 is 19.1 Å². The highest BCUT2D eigenvalue weighted by Gasteiger charge is 2.27. The van der Waals surface area contributed by atoms with Gasteiger partial charge in [0, 0.05) is 22.0 Å². The number of hydrogen-bond acceptors (Lipinski definition) is 8. The zero-order valence-electron chi connectivity index (χ0n) is 21.5. The van der Waals surface area contributed by atoms with E-state index in [9.17, 15) is 14.4 Å². The second-order valence-electron chi connectivity index (χ2n) is 8.76. The van der Waals surface area contributed by atoms with Gasteiger partial charge in [0.25, 0.3) is 5.91 Å². The van der Waals surface area contributed by atoms with Crippen LogP contribution in [0.15, 0.2) is 29.4 Å². The summed E-state index contributed by atoms with van der Waals surface area (Å²) in [6, 6.07) is 6.24. The quantitative estimate of drug-likeness (QED) is 0.249. The van der Waals surface area contributed by atoms with Crippen LogP contribution >= 0.6 is 34.7 Å². The summed E-state index contributed by atoms with van der Waals surface area (Å²) in [6.45, 7) is 6.40. The number of rotatable bonds is 10.